The van der Waals surface area contributed by atoms with Crippen LogP contribution in [-0.4, -0.2) is 9.97 Å². The van der Waals surface area contributed by atoms with Gasteiger partial charge in [-0.2, -0.15) is 0 Å². The van der Waals surface area contributed by atoms with E-state index in [0.29, 0.717) is 5.82 Å². The third kappa shape index (κ3) is 2.61. The van der Waals surface area contributed by atoms with Crippen LogP contribution in [0.4, 0.5) is 5.69 Å². The Morgan fingerprint density at radius 2 is 1.71 bits per heavy atom. The predicted molar refractivity (Wildman–Crippen MR) is 70.6 cm³/mol. The van der Waals surface area contributed by atoms with Gasteiger partial charge in [0.05, 0.1) is 0 Å². The van der Waals surface area contributed by atoms with Crippen LogP contribution in [0.1, 0.15) is 26.3 Å². The summed E-state index contributed by atoms with van der Waals surface area (Å²) < 4.78 is 0. The lowest BCUT2D eigenvalue weighted by molar-refractivity contribution is 0.584. The molecule has 0 unspecified atom stereocenters. The van der Waals surface area contributed by atoms with E-state index in [1.54, 1.807) is 0 Å². The highest BCUT2D eigenvalue weighted by atomic mass is 14.9. The molecule has 0 bridgehead atoms. The zero-order valence-electron chi connectivity index (χ0n) is 10.4. The zero-order valence-corrected chi connectivity index (χ0v) is 10.4. The summed E-state index contributed by atoms with van der Waals surface area (Å²) in [4.78, 5) is 8.78. The molecule has 0 aliphatic carbocycles. The van der Waals surface area contributed by atoms with Gasteiger partial charge in [0.2, 0.25) is 0 Å². The Hall–Kier alpha value is -1.90. The van der Waals surface area contributed by atoms with E-state index in [1.807, 2.05) is 36.7 Å². The first kappa shape index (κ1) is 11.6. The summed E-state index contributed by atoms with van der Waals surface area (Å²) in [5, 5.41) is 0. The van der Waals surface area contributed by atoms with E-state index in [2.05, 4.69) is 30.7 Å². The van der Waals surface area contributed by atoms with E-state index in [1.165, 1.54) is 0 Å². The molecule has 3 nitrogen and oxygen atoms in total. The quantitative estimate of drug-likeness (QED) is 0.762. The first-order valence-electron chi connectivity index (χ1n) is 5.65. The monoisotopic (exact) mass is 227 g/mol. The van der Waals surface area contributed by atoms with Crippen LogP contribution in [0.3, 0.4) is 0 Å². The van der Waals surface area contributed by atoms with E-state index < -0.39 is 0 Å². The first-order chi connectivity index (χ1) is 7.97. The highest BCUT2D eigenvalue weighted by molar-refractivity contribution is 5.60. The summed E-state index contributed by atoms with van der Waals surface area (Å²) >= 11 is 0. The molecular formula is C14H17N3. The highest BCUT2D eigenvalue weighted by Gasteiger charge is 2.14. The maximum Gasteiger partial charge on any atom is 0.159 e. The summed E-state index contributed by atoms with van der Waals surface area (Å²) in [6, 6.07) is 7.60. The van der Waals surface area contributed by atoms with Crippen molar-refractivity contribution in [1.29, 1.82) is 0 Å². The molecular weight excluding hydrogens is 210 g/mol. The molecule has 17 heavy (non-hydrogen) atoms. The average molecular weight is 227 g/mol. The van der Waals surface area contributed by atoms with Crippen molar-refractivity contribution in [3.05, 3.63) is 42.2 Å². The number of aromatic nitrogens is 2. The zero-order chi connectivity index (χ0) is 12.5. The number of hydrogen-bond donors (Lipinski definition) is 1. The van der Waals surface area contributed by atoms with Gasteiger partial charge in [0.15, 0.2) is 5.82 Å². The van der Waals surface area contributed by atoms with Gasteiger partial charge < -0.3 is 5.73 Å². The molecule has 1 aromatic heterocycles. The van der Waals surface area contributed by atoms with Crippen molar-refractivity contribution < 1.29 is 0 Å². The van der Waals surface area contributed by atoms with Gasteiger partial charge in [-0.15, -0.1) is 0 Å². The molecule has 2 rings (SSSR count). The molecule has 0 aliphatic rings. The second-order valence-corrected chi connectivity index (χ2v) is 5.17. The fourth-order valence-electron chi connectivity index (χ4n) is 1.54. The second kappa shape index (κ2) is 4.17. The molecule has 0 spiro atoms. The number of rotatable bonds is 1. The van der Waals surface area contributed by atoms with Crippen molar-refractivity contribution in [1.82, 2.24) is 9.97 Å². The summed E-state index contributed by atoms with van der Waals surface area (Å²) in [6.45, 7) is 6.43. The molecule has 0 saturated heterocycles. The maximum absolute atomic E-state index is 5.74. The maximum atomic E-state index is 5.74. The Labute approximate surface area is 102 Å². The molecule has 2 aromatic rings. The first-order valence-corrected chi connectivity index (χ1v) is 5.65. The van der Waals surface area contributed by atoms with E-state index >= 15 is 0 Å². The van der Waals surface area contributed by atoms with E-state index in [-0.39, 0.29) is 5.41 Å². The van der Waals surface area contributed by atoms with E-state index in [9.17, 15) is 0 Å². The molecule has 0 aliphatic heterocycles. The standard InChI is InChI=1S/C14H17N3/c1-14(2,3)11-8-16-13(17-9-11)10-5-4-6-12(15)7-10/h4-9H,15H2,1-3H3. The number of nitrogens with two attached hydrogens (primary N) is 1. The largest absolute Gasteiger partial charge is 0.399 e. The lowest BCUT2D eigenvalue weighted by atomic mass is 9.89. The van der Waals surface area contributed by atoms with Crippen LogP contribution in [-0.2, 0) is 5.41 Å². The van der Waals surface area contributed by atoms with E-state index in [4.69, 9.17) is 5.73 Å². The number of hydrogen-bond acceptors (Lipinski definition) is 3. The minimum atomic E-state index is 0.0776. The van der Waals surface area contributed by atoms with Crippen LogP contribution in [0.15, 0.2) is 36.7 Å². The van der Waals surface area contributed by atoms with Crippen LogP contribution in [0.5, 0.6) is 0 Å². The van der Waals surface area contributed by atoms with Crippen LogP contribution in [0.25, 0.3) is 11.4 Å². The minimum absolute atomic E-state index is 0.0776. The predicted octanol–water partition coefficient (Wildman–Crippen LogP) is 3.02. The van der Waals surface area contributed by atoms with Crippen molar-refractivity contribution in [3.63, 3.8) is 0 Å². The van der Waals surface area contributed by atoms with Gasteiger partial charge in [-0.1, -0.05) is 32.9 Å². The summed E-state index contributed by atoms with van der Waals surface area (Å²) in [5.74, 6) is 0.713. The number of benzene rings is 1. The molecule has 0 fully saturated rings. The second-order valence-electron chi connectivity index (χ2n) is 5.17. The fourth-order valence-corrected chi connectivity index (χ4v) is 1.54. The van der Waals surface area contributed by atoms with E-state index in [0.717, 1.165) is 16.8 Å². The molecule has 1 aromatic carbocycles. The molecule has 0 atom stereocenters. The molecule has 0 radical (unpaired) electrons. The van der Waals surface area contributed by atoms with Gasteiger partial charge in [0.1, 0.15) is 0 Å². The molecule has 0 amide bonds. The normalized spacial score (nSPS) is 11.5. The molecule has 1 heterocycles. The lowest BCUT2D eigenvalue weighted by Crippen LogP contribution is -2.12. The van der Waals surface area contributed by atoms with Gasteiger partial charge in [-0.05, 0) is 23.1 Å². The molecule has 3 heteroatoms. The van der Waals surface area contributed by atoms with Crippen molar-refractivity contribution >= 4 is 5.69 Å². The smallest absolute Gasteiger partial charge is 0.159 e. The third-order valence-corrected chi connectivity index (χ3v) is 2.66. The van der Waals surface area contributed by atoms with Gasteiger partial charge >= 0.3 is 0 Å². The fraction of sp³-hybridized carbons (Fsp3) is 0.286. The van der Waals surface area contributed by atoms with Crippen LogP contribution >= 0.6 is 0 Å². The Bertz CT molecular complexity index is 510. The summed E-state index contributed by atoms with van der Waals surface area (Å²) in [5.41, 5.74) is 8.62. The van der Waals surface area contributed by atoms with Crippen LogP contribution < -0.4 is 5.73 Å². The van der Waals surface area contributed by atoms with Gasteiger partial charge in [-0.25, -0.2) is 9.97 Å². The van der Waals surface area contributed by atoms with Crippen molar-refractivity contribution in [2.45, 2.75) is 26.2 Å². The Kier molecular flexibility index (Phi) is 2.84. The summed E-state index contributed by atoms with van der Waals surface area (Å²) in [6.07, 6.45) is 3.76. The Balaban J connectivity index is 2.36. The van der Waals surface area contributed by atoms with Crippen molar-refractivity contribution in [3.8, 4) is 11.4 Å². The Morgan fingerprint density at radius 1 is 1.06 bits per heavy atom. The number of nitrogens with zero attached hydrogens (tertiary/aromatic N) is 2. The topological polar surface area (TPSA) is 51.8 Å². The van der Waals surface area contributed by atoms with Gasteiger partial charge in [-0.3, -0.25) is 0 Å². The minimum Gasteiger partial charge on any atom is -0.399 e. The Morgan fingerprint density at radius 3 is 2.24 bits per heavy atom. The number of anilines is 1. The molecule has 0 saturated carbocycles. The molecule has 2 N–H and O–H groups in total. The van der Waals surface area contributed by atoms with Crippen molar-refractivity contribution in [2.24, 2.45) is 0 Å². The summed E-state index contributed by atoms with van der Waals surface area (Å²) in [7, 11) is 0. The third-order valence-electron chi connectivity index (χ3n) is 2.66. The van der Waals surface area contributed by atoms with Gasteiger partial charge in [0, 0.05) is 23.6 Å². The highest BCUT2D eigenvalue weighted by Crippen LogP contribution is 2.22. The SMILES string of the molecule is CC(C)(C)c1cnc(-c2cccc(N)c2)nc1. The number of nitrogen functional groups attached to an aromatic ring is 1. The lowest BCUT2D eigenvalue weighted by Gasteiger charge is -2.17. The molecule has 88 valence electrons. The van der Waals surface area contributed by atoms with Crippen LogP contribution in [0.2, 0.25) is 0 Å². The van der Waals surface area contributed by atoms with Gasteiger partial charge in [0.25, 0.3) is 0 Å². The van der Waals surface area contributed by atoms with Crippen LogP contribution in [0, 0.1) is 0 Å². The average Bonchev–Trinajstić information content (AvgIpc) is 2.28. The van der Waals surface area contributed by atoms with Crippen molar-refractivity contribution in [2.75, 3.05) is 5.73 Å².